The lowest BCUT2D eigenvalue weighted by Gasteiger charge is -2.23. The summed E-state index contributed by atoms with van der Waals surface area (Å²) in [6.07, 6.45) is 0. The number of benzene rings is 1. The van der Waals surface area contributed by atoms with Crippen LogP contribution in [-0.4, -0.2) is 39.0 Å². The number of ether oxygens (including phenoxy) is 2. The molecule has 0 aliphatic rings. The van der Waals surface area contributed by atoms with Gasteiger partial charge in [0, 0.05) is 5.02 Å². The summed E-state index contributed by atoms with van der Waals surface area (Å²) in [6.45, 7) is 5.43. The Bertz CT molecular complexity index is 365. The van der Waals surface area contributed by atoms with Gasteiger partial charge in [0.2, 0.25) is 0 Å². The average Bonchev–Trinajstić information content (AvgIpc) is 2.35. The molecule has 1 N–H and O–H groups in total. The molecule has 0 bridgehead atoms. The fraction of sp³-hybridized carbons (Fsp3) is 0.417. The van der Waals surface area contributed by atoms with Crippen molar-refractivity contribution in [3.8, 4) is 5.75 Å². The maximum absolute atomic E-state index is 11.6. The van der Waals surface area contributed by atoms with Gasteiger partial charge in [-0.2, -0.15) is 0 Å². The first-order valence-electron chi connectivity index (χ1n) is 5.52. The molecule has 0 aliphatic heterocycles. The molecule has 1 rings (SSSR count). The van der Waals surface area contributed by atoms with Crippen molar-refractivity contribution in [3.05, 3.63) is 29.3 Å². The molecule has 0 amide bonds. The van der Waals surface area contributed by atoms with Crippen LogP contribution in [0.4, 0.5) is 0 Å². The lowest BCUT2D eigenvalue weighted by Crippen LogP contribution is -2.39. The van der Waals surface area contributed by atoms with E-state index in [9.17, 15) is 4.79 Å². The Morgan fingerprint density at radius 1 is 1.33 bits per heavy atom. The number of carbonyl (C=O) groups excluding carboxylic acids is 1. The molecule has 100 valence electrons. The second-order valence-corrected chi connectivity index (χ2v) is 4.22. The normalized spacial score (nSPS) is 10.1. The van der Waals surface area contributed by atoms with E-state index in [1.54, 1.807) is 45.0 Å². The lowest BCUT2D eigenvalue weighted by atomic mass is 10.1. The zero-order valence-corrected chi connectivity index (χ0v) is 13.8. The minimum absolute atomic E-state index is 0.306. The average molecular weight is 289 g/mol. The number of esters is 1. The highest BCUT2D eigenvalue weighted by molar-refractivity contribution is 6.30. The van der Waals surface area contributed by atoms with Gasteiger partial charge in [-0.15, -0.1) is 0 Å². The molecule has 0 saturated carbocycles. The van der Waals surface area contributed by atoms with E-state index >= 15 is 0 Å². The van der Waals surface area contributed by atoms with E-state index < -0.39 is 5.60 Å². The number of hydrogen-bond acceptors (Lipinski definition) is 4. The van der Waals surface area contributed by atoms with Crippen LogP contribution in [0.25, 0.3) is 0 Å². The smallest absolute Gasteiger partial charge is 0.407 e. The first-order chi connectivity index (χ1) is 8.45. The van der Waals surface area contributed by atoms with E-state index in [2.05, 4.69) is 0 Å². The molecular formula is C12H18AlClO4. The van der Waals surface area contributed by atoms with Gasteiger partial charge in [-0.25, -0.2) is 4.79 Å². The van der Waals surface area contributed by atoms with Crippen molar-refractivity contribution in [2.24, 2.45) is 0 Å². The first kappa shape index (κ1) is 17.3. The third-order valence-corrected chi connectivity index (χ3v) is 2.21. The third-order valence-electron chi connectivity index (χ3n) is 1.95. The van der Waals surface area contributed by atoms with Gasteiger partial charge in [0.05, 0.1) is 6.61 Å². The molecule has 6 heteroatoms. The van der Waals surface area contributed by atoms with Crippen molar-refractivity contribution in [1.82, 2.24) is 0 Å². The molecule has 0 atom stereocenters. The van der Waals surface area contributed by atoms with Gasteiger partial charge >= 0.3 is 22.6 Å². The van der Waals surface area contributed by atoms with Gasteiger partial charge in [-0.3, -0.25) is 0 Å². The molecular weight excluding hydrogens is 271 g/mol. The molecule has 0 aromatic heterocycles. The van der Waals surface area contributed by atoms with E-state index in [1.807, 2.05) is 0 Å². The summed E-state index contributed by atoms with van der Waals surface area (Å²) in [7, 11) is 0. The molecule has 0 aliphatic carbocycles. The molecule has 18 heavy (non-hydrogen) atoms. The molecule has 0 spiro atoms. The summed E-state index contributed by atoms with van der Waals surface area (Å²) in [5.74, 6) is 0.201. The van der Waals surface area contributed by atoms with E-state index in [0.29, 0.717) is 34.0 Å². The van der Waals surface area contributed by atoms with Crippen molar-refractivity contribution in [3.63, 3.8) is 0 Å². The minimum atomic E-state index is -0.996. The topological polar surface area (TPSA) is 55.8 Å². The van der Waals surface area contributed by atoms with Gasteiger partial charge in [0.1, 0.15) is 5.75 Å². The number of carbonyl (C=O) groups is 1. The van der Waals surface area contributed by atoms with Crippen molar-refractivity contribution >= 4 is 34.2 Å². The van der Waals surface area contributed by atoms with Crippen molar-refractivity contribution < 1.29 is 18.4 Å². The quantitative estimate of drug-likeness (QED) is 0.675. The number of hydrogen-bond donors (Lipinski definition) is 1. The van der Waals surface area contributed by atoms with E-state index in [1.165, 1.54) is 0 Å². The summed E-state index contributed by atoms with van der Waals surface area (Å²) in [5.41, 5.74) is -0.996. The van der Waals surface area contributed by atoms with Crippen LogP contribution >= 0.6 is 11.6 Å². The Hall–Kier alpha value is -0.728. The fourth-order valence-electron chi connectivity index (χ4n) is 1.14. The predicted octanol–water partition coefficient (Wildman–Crippen LogP) is 1.59. The Kier molecular flexibility index (Phi) is 8.05. The van der Waals surface area contributed by atoms with Crippen LogP contribution in [0.2, 0.25) is 5.02 Å². The first-order valence-corrected chi connectivity index (χ1v) is 6.79. The van der Waals surface area contributed by atoms with Crippen LogP contribution in [0.5, 0.6) is 5.75 Å². The zero-order chi connectivity index (χ0) is 14.2. The van der Waals surface area contributed by atoms with Crippen LogP contribution < -0.4 is 4.74 Å². The SMILES string of the molecule is CCOC(=O)C(C)(C)Oc1ccc(Cl)cc1.[OH][AlH2]. The maximum Gasteiger partial charge on any atom is 0.407 e. The van der Waals surface area contributed by atoms with Crippen LogP contribution in [0.1, 0.15) is 20.8 Å². The summed E-state index contributed by atoms with van der Waals surface area (Å²) < 4.78 is 17.6. The highest BCUT2D eigenvalue weighted by Gasteiger charge is 2.31. The van der Waals surface area contributed by atoms with E-state index in [-0.39, 0.29) is 5.97 Å². The van der Waals surface area contributed by atoms with Crippen molar-refractivity contribution in [1.29, 1.82) is 0 Å². The minimum Gasteiger partial charge on any atom is -0.521 e. The molecule has 0 fully saturated rings. The Morgan fingerprint density at radius 2 is 1.83 bits per heavy atom. The molecule has 0 radical (unpaired) electrons. The standard InChI is InChI=1S/C12H15ClO3.Al.H2O.2H/c1-4-15-11(14)12(2,3)16-10-7-5-9(13)6-8-10;;;;/h5-8H,4H2,1-3H3;;1H2;;/q;+1;;;/p-1. The second-order valence-electron chi connectivity index (χ2n) is 3.79. The fourth-order valence-corrected chi connectivity index (χ4v) is 1.27. The Balaban J connectivity index is 0.00000137. The van der Waals surface area contributed by atoms with E-state index in [0.717, 1.165) is 0 Å². The van der Waals surface area contributed by atoms with Gasteiger partial charge in [0.25, 0.3) is 0 Å². The van der Waals surface area contributed by atoms with Crippen LogP contribution in [-0.2, 0) is 9.53 Å². The third kappa shape index (κ3) is 5.74. The van der Waals surface area contributed by atoms with Gasteiger partial charge < -0.3 is 13.6 Å². The molecule has 0 heterocycles. The largest absolute Gasteiger partial charge is 0.521 e. The van der Waals surface area contributed by atoms with Gasteiger partial charge in [0.15, 0.2) is 5.60 Å². The molecule has 1 aromatic carbocycles. The highest BCUT2D eigenvalue weighted by atomic mass is 35.5. The van der Waals surface area contributed by atoms with Crippen molar-refractivity contribution in [2.75, 3.05) is 6.61 Å². The van der Waals surface area contributed by atoms with Gasteiger partial charge in [-0.1, -0.05) is 11.6 Å². The van der Waals surface area contributed by atoms with Crippen molar-refractivity contribution in [2.45, 2.75) is 26.4 Å². The second kappa shape index (κ2) is 8.39. The lowest BCUT2D eigenvalue weighted by molar-refractivity contribution is -0.158. The molecule has 1 aromatic rings. The monoisotopic (exact) mass is 288 g/mol. The summed E-state index contributed by atoms with van der Waals surface area (Å²) in [6, 6.07) is 6.84. The van der Waals surface area contributed by atoms with E-state index in [4.69, 9.17) is 25.2 Å². The predicted molar refractivity (Wildman–Crippen MR) is 73.6 cm³/mol. The number of rotatable bonds is 4. The number of halogens is 1. The molecule has 0 saturated heterocycles. The van der Waals surface area contributed by atoms with Crippen LogP contribution in [0.15, 0.2) is 24.3 Å². The summed E-state index contributed by atoms with van der Waals surface area (Å²) in [4.78, 5) is 11.6. The Morgan fingerprint density at radius 3 is 2.28 bits per heavy atom. The molecule has 0 unspecified atom stereocenters. The van der Waals surface area contributed by atoms with Gasteiger partial charge in [-0.05, 0) is 45.0 Å². The zero-order valence-electron chi connectivity index (χ0n) is 11.1. The summed E-state index contributed by atoms with van der Waals surface area (Å²) >= 11 is 6.05. The Labute approximate surface area is 121 Å². The van der Waals surface area contributed by atoms with Crippen LogP contribution in [0, 0.1) is 0 Å². The molecule has 4 nitrogen and oxygen atoms in total. The highest BCUT2D eigenvalue weighted by Crippen LogP contribution is 2.21. The van der Waals surface area contributed by atoms with Crippen LogP contribution in [0.3, 0.4) is 0 Å². The summed E-state index contributed by atoms with van der Waals surface area (Å²) in [5, 5.41) is 0.626. The maximum atomic E-state index is 11.6.